The summed E-state index contributed by atoms with van der Waals surface area (Å²) < 4.78 is 12.9. The summed E-state index contributed by atoms with van der Waals surface area (Å²) in [7, 11) is 0. The van der Waals surface area contributed by atoms with E-state index in [1.54, 1.807) is 36.5 Å². The second-order valence-corrected chi connectivity index (χ2v) is 4.63. The summed E-state index contributed by atoms with van der Waals surface area (Å²) in [5.74, 6) is -0.760. The molecule has 3 aromatic rings. The Balaban J connectivity index is 1.67. The number of carbonyl (C=O) groups excluding carboxylic acids is 1. The van der Waals surface area contributed by atoms with E-state index >= 15 is 0 Å². The van der Waals surface area contributed by atoms with Crippen molar-refractivity contribution in [1.29, 1.82) is 0 Å². The quantitative estimate of drug-likeness (QED) is 0.573. The van der Waals surface area contributed by atoms with Crippen LogP contribution in [0.15, 0.2) is 59.8 Å². The lowest BCUT2D eigenvalue weighted by Gasteiger charge is -1.95. The van der Waals surface area contributed by atoms with Crippen LogP contribution in [-0.2, 0) is 0 Å². The number of amides is 1. The number of halogens is 1. The highest BCUT2D eigenvalue weighted by atomic mass is 19.1. The van der Waals surface area contributed by atoms with E-state index in [1.165, 1.54) is 18.3 Å². The maximum atomic E-state index is 12.9. The molecule has 0 spiro atoms. The van der Waals surface area contributed by atoms with Crippen LogP contribution in [-0.4, -0.2) is 27.3 Å². The molecule has 0 fully saturated rings. The van der Waals surface area contributed by atoms with Gasteiger partial charge in [-0.1, -0.05) is 6.07 Å². The number of hydrogen-bond acceptors (Lipinski definition) is 4. The molecule has 0 saturated carbocycles. The second-order valence-electron chi connectivity index (χ2n) is 4.63. The molecule has 2 aromatic heterocycles. The van der Waals surface area contributed by atoms with Crippen LogP contribution in [0.5, 0.6) is 0 Å². The van der Waals surface area contributed by atoms with E-state index in [4.69, 9.17) is 0 Å². The van der Waals surface area contributed by atoms with E-state index in [2.05, 4.69) is 25.7 Å². The largest absolute Gasteiger partial charge is 0.289 e. The average molecular weight is 309 g/mol. The Labute approximate surface area is 131 Å². The molecule has 7 heteroatoms. The summed E-state index contributed by atoms with van der Waals surface area (Å²) in [4.78, 5) is 16.0. The van der Waals surface area contributed by atoms with Gasteiger partial charge in [0.25, 0.3) is 5.91 Å². The van der Waals surface area contributed by atoms with Crippen molar-refractivity contribution in [3.63, 3.8) is 0 Å². The number of aromatic nitrogens is 3. The summed E-state index contributed by atoms with van der Waals surface area (Å²) in [5.41, 5.74) is 4.51. The fourth-order valence-corrected chi connectivity index (χ4v) is 1.88. The molecule has 6 nitrogen and oxygen atoms in total. The van der Waals surface area contributed by atoms with Gasteiger partial charge in [0, 0.05) is 11.8 Å². The van der Waals surface area contributed by atoms with Crippen molar-refractivity contribution in [1.82, 2.24) is 20.6 Å². The molecule has 0 aliphatic heterocycles. The van der Waals surface area contributed by atoms with E-state index in [0.29, 0.717) is 17.0 Å². The molecule has 0 bridgehead atoms. The first-order valence-corrected chi connectivity index (χ1v) is 6.78. The normalized spacial score (nSPS) is 10.8. The molecule has 23 heavy (non-hydrogen) atoms. The van der Waals surface area contributed by atoms with Gasteiger partial charge in [0.1, 0.15) is 11.5 Å². The summed E-state index contributed by atoms with van der Waals surface area (Å²) >= 11 is 0. The molecule has 0 aliphatic rings. The van der Waals surface area contributed by atoms with Gasteiger partial charge in [-0.2, -0.15) is 10.2 Å². The van der Waals surface area contributed by atoms with Gasteiger partial charge in [-0.25, -0.2) is 9.82 Å². The highest BCUT2D eigenvalue weighted by Crippen LogP contribution is 2.17. The van der Waals surface area contributed by atoms with Crippen LogP contribution in [0.3, 0.4) is 0 Å². The van der Waals surface area contributed by atoms with Crippen LogP contribution in [0.2, 0.25) is 0 Å². The lowest BCUT2D eigenvalue weighted by atomic mass is 10.1. The van der Waals surface area contributed by atoms with Crippen LogP contribution in [0.25, 0.3) is 11.3 Å². The van der Waals surface area contributed by atoms with Gasteiger partial charge in [0.05, 0.1) is 17.6 Å². The molecule has 0 radical (unpaired) electrons. The highest BCUT2D eigenvalue weighted by molar-refractivity contribution is 5.93. The molecule has 0 atom stereocenters. The fourth-order valence-electron chi connectivity index (χ4n) is 1.88. The Morgan fingerprint density at radius 2 is 2.04 bits per heavy atom. The van der Waals surface area contributed by atoms with Crippen molar-refractivity contribution < 1.29 is 9.18 Å². The molecular formula is C16H12FN5O. The van der Waals surface area contributed by atoms with Crippen molar-refractivity contribution in [2.75, 3.05) is 0 Å². The van der Waals surface area contributed by atoms with Crippen molar-refractivity contribution in [2.45, 2.75) is 0 Å². The SMILES string of the molecule is O=C(N/N=C\c1ccccn1)c1cc(-c2ccc(F)cc2)n[nH]1. The molecule has 0 unspecified atom stereocenters. The molecule has 2 heterocycles. The zero-order valence-electron chi connectivity index (χ0n) is 11.9. The minimum absolute atomic E-state index is 0.252. The van der Waals surface area contributed by atoms with Gasteiger partial charge in [-0.15, -0.1) is 0 Å². The lowest BCUT2D eigenvalue weighted by molar-refractivity contribution is 0.0950. The Morgan fingerprint density at radius 1 is 1.22 bits per heavy atom. The smallest absolute Gasteiger partial charge is 0.272 e. The molecule has 3 rings (SSSR count). The molecular weight excluding hydrogens is 297 g/mol. The van der Waals surface area contributed by atoms with Gasteiger partial charge in [0.15, 0.2) is 0 Å². The standard InChI is InChI=1S/C16H12FN5O/c17-12-6-4-11(5-7-12)14-9-15(21-20-14)16(23)22-19-10-13-3-1-2-8-18-13/h1-10H,(H,20,21)(H,22,23)/b19-10-. The molecule has 0 saturated heterocycles. The Kier molecular flexibility index (Phi) is 4.19. The third-order valence-electron chi connectivity index (χ3n) is 3.01. The average Bonchev–Trinajstić information content (AvgIpc) is 3.06. The minimum atomic E-state index is -0.432. The van der Waals surface area contributed by atoms with E-state index < -0.39 is 5.91 Å². The Morgan fingerprint density at radius 3 is 2.78 bits per heavy atom. The number of aromatic amines is 1. The fraction of sp³-hybridized carbons (Fsp3) is 0. The number of hydrogen-bond donors (Lipinski definition) is 2. The Hall–Kier alpha value is -3.35. The van der Waals surface area contributed by atoms with Crippen LogP contribution in [0.1, 0.15) is 16.2 Å². The van der Waals surface area contributed by atoms with E-state index in [9.17, 15) is 9.18 Å². The second kappa shape index (κ2) is 6.61. The molecule has 2 N–H and O–H groups in total. The highest BCUT2D eigenvalue weighted by Gasteiger charge is 2.10. The predicted octanol–water partition coefficient (Wildman–Crippen LogP) is 2.37. The third-order valence-corrected chi connectivity index (χ3v) is 3.01. The van der Waals surface area contributed by atoms with Crippen molar-refractivity contribution in [3.05, 3.63) is 71.9 Å². The van der Waals surface area contributed by atoms with Gasteiger partial charge in [-0.3, -0.25) is 14.9 Å². The number of carbonyl (C=O) groups is 1. The molecule has 1 amide bonds. The third kappa shape index (κ3) is 3.65. The van der Waals surface area contributed by atoms with Crippen LogP contribution in [0.4, 0.5) is 4.39 Å². The zero-order chi connectivity index (χ0) is 16.1. The zero-order valence-corrected chi connectivity index (χ0v) is 11.9. The van der Waals surface area contributed by atoms with Crippen LogP contribution >= 0.6 is 0 Å². The van der Waals surface area contributed by atoms with Gasteiger partial charge < -0.3 is 0 Å². The minimum Gasteiger partial charge on any atom is -0.272 e. The van der Waals surface area contributed by atoms with E-state index in [-0.39, 0.29) is 11.5 Å². The first-order chi connectivity index (χ1) is 11.2. The summed E-state index contributed by atoms with van der Waals surface area (Å²) in [6.45, 7) is 0. The molecule has 0 aliphatic carbocycles. The number of benzene rings is 1. The van der Waals surface area contributed by atoms with Gasteiger partial charge in [-0.05, 0) is 42.5 Å². The summed E-state index contributed by atoms with van der Waals surface area (Å²) in [5, 5.41) is 10.5. The first-order valence-electron chi connectivity index (χ1n) is 6.78. The lowest BCUT2D eigenvalue weighted by Crippen LogP contribution is -2.18. The van der Waals surface area contributed by atoms with E-state index in [0.717, 1.165) is 0 Å². The summed E-state index contributed by atoms with van der Waals surface area (Å²) in [6, 6.07) is 12.8. The maximum Gasteiger partial charge on any atom is 0.289 e. The number of H-pyrrole nitrogens is 1. The van der Waals surface area contributed by atoms with Crippen molar-refractivity contribution in [3.8, 4) is 11.3 Å². The number of hydrazone groups is 1. The number of rotatable bonds is 4. The first kappa shape index (κ1) is 14.6. The summed E-state index contributed by atoms with van der Waals surface area (Å²) in [6.07, 6.45) is 3.07. The van der Waals surface area contributed by atoms with Crippen LogP contribution in [0, 0.1) is 5.82 Å². The predicted molar refractivity (Wildman–Crippen MR) is 83.3 cm³/mol. The van der Waals surface area contributed by atoms with Crippen LogP contribution < -0.4 is 5.43 Å². The number of pyridine rings is 1. The topological polar surface area (TPSA) is 83.0 Å². The van der Waals surface area contributed by atoms with Gasteiger partial charge >= 0.3 is 0 Å². The molecule has 114 valence electrons. The number of nitrogens with one attached hydrogen (secondary N) is 2. The van der Waals surface area contributed by atoms with E-state index in [1.807, 2.05) is 6.07 Å². The maximum absolute atomic E-state index is 12.9. The van der Waals surface area contributed by atoms with Gasteiger partial charge in [0.2, 0.25) is 0 Å². The van der Waals surface area contributed by atoms with Crippen molar-refractivity contribution >= 4 is 12.1 Å². The molecule has 1 aromatic carbocycles. The number of nitrogens with zero attached hydrogens (tertiary/aromatic N) is 3. The van der Waals surface area contributed by atoms with Crippen molar-refractivity contribution in [2.24, 2.45) is 5.10 Å². The Bertz CT molecular complexity index is 827. The monoisotopic (exact) mass is 309 g/mol.